The second-order valence-electron chi connectivity index (χ2n) is 6.27. The number of ether oxygens (including phenoxy) is 1. The summed E-state index contributed by atoms with van der Waals surface area (Å²) < 4.78 is 5.47. The van der Waals surface area contributed by atoms with Crippen LogP contribution in [0.4, 0.5) is 0 Å². The number of carbonyl (C=O) groups is 1. The first kappa shape index (κ1) is 11.9. The second-order valence-corrected chi connectivity index (χ2v) is 6.27. The van der Waals surface area contributed by atoms with Gasteiger partial charge in [-0.15, -0.1) is 0 Å². The molecule has 0 N–H and O–H groups in total. The zero-order valence-corrected chi connectivity index (χ0v) is 10.8. The summed E-state index contributed by atoms with van der Waals surface area (Å²) in [5.41, 5.74) is -0.309. The number of rotatable bonds is 4. The minimum atomic E-state index is -0.309. The first-order valence-electron chi connectivity index (χ1n) is 6.70. The molecular weight excluding hydrogens is 200 g/mol. The zero-order chi connectivity index (χ0) is 11.8. The van der Waals surface area contributed by atoms with E-state index in [4.69, 9.17) is 4.74 Å². The Bertz CT molecular complexity index is 270. The number of esters is 1. The van der Waals surface area contributed by atoms with Gasteiger partial charge in [-0.1, -0.05) is 6.92 Å². The minimum Gasteiger partial charge on any atom is -0.465 e. The lowest BCUT2D eigenvalue weighted by Gasteiger charge is -2.25. The summed E-state index contributed by atoms with van der Waals surface area (Å²) in [5, 5.41) is 0. The van der Waals surface area contributed by atoms with Gasteiger partial charge in [0.2, 0.25) is 0 Å². The van der Waals surface area contributed by atoms with E-state index >= 15 is 0 Å². The summed E-state index contributed by atoms with van der Waals surface area (Å²) >= 11 is 0. The fourth-order valence-electron chi connectivity index (χ4n) is 2.63. The highest BCUT2D eigenvalue weighted by Crippen LogP contribution is 2.51. The standard InChI is InChI=1S/C14H24O2/c1-4-14(2,3)13(15)16-9-10-5-6-11-8-12(11)7-10/h10-12H,4-9H2,1-3H3. The lowest BCUT2D eigenvalue weighted by molar-refractivity contribution is -0.155. The van der Waals surface area contributed by atoms with Crippen LogP contribution in [0.5, 0.6) is 0 Å². The van der Waals surface area contributed by atoms with E-state index in [-0.39, 0.29) is 11.4 Å². The fourth-order valence-corrected chi connectivity index (χ4v) is 2.63. The molecule has 16 heavy (non-hydrogen) atoms. The Balaban J connectivity index is 1.72. The van der Waals surface area contributed by atoms with Crippen molar-refractivity contribution in [2.45, 2.75) is 52.9 Å². The molecule has 92 valence electrons. The van der Waals surface area contributed by atoms with Crippen LogP contribution in [0.15, 0.2) is 0 Å². The highest BCUT2D eigenvalue weighted by molar-refractivity contribution is 5.75. The lowest BCUT2D eigenvalue weighted by atomic mass is 9.89. The van der Waals surface area contributed by atoms with E-state index < -0.39 is 0 Å². The van der Waals surface area contributed by atoms with Crippen molar-refractivity contribution >= 4 is 5.97 Å². The Kier molecular flexibility index (Phi) is 3.27. The first-order valence-corrected chi connectivity index (χ1v) is 6.70. The molecule has 2 heteroatoms. The van der Waals surface area contributed by atoms with Gasteiger partial charge < -0.3 is 4.74 Å². The van der Waals surface area contributed by atoms with Gasteiger partial charge in [0.1, 0.15) is 0 Å². The van der Waals surface area contributed by atoms with Crippen LogP contribution < -0.4 is 0 Å². The molecule has 0 aliphatic heterocycles. The van der Waals surface area contributed by atoms with Crippen molar-refractivity contribution in [1.82, 2.24) is 0 Å². The van der Waals surface area contributed by atoms with Crippen molar-refractivity contribution < 1.29 is 9.53 Å². The Hall–Kier alpha value is -0.530. The smallest absolute Gasteiger partial charge is 0.311 e. The highest BCUT2D eigenvalue weighted by atomic mass is 16.5. The van der Waals surface area contributed by atoms with Crippen LogP contribution in [0.1, 0.15) is 52.9 Å². The molecule has 0 amide bonds. The number of hydrogen-bond donors (Lipinski definition) is 0. The molecule has 0 aromatic rings. The minimum absolute atomic E-state index is 0.0204. The molecular formula is C14H24O2. The molecule has 3 atom stereocenters. The van der Waals surface area contributed by atoms with Crippen molar-refractivity contribution in [2.75, 3.05) is 6.61 Å². The predicted octanol–water partition coefficient (Wildman–Crippen LogP) is 3.40. The molecule has 2 fully saturated rings. The van der Waals surface area contributed by atoms with E-state index in [1.165, 1.54) is 25.7 Å². The molecule has 0 radical (unpaired) electrons. The second kappa shape index (κ2) is 4.38. The van der Waals surface area contributed by atoms with Crippen LogP contribution in [0, 0.1) is 23.2 Å². The molecule has 2 rings (SSSR count). The van der Waals surface area contributed by atoms with Gasteiger partial charge in [-0.2, -0.15) is 0 Å². The van der Waals surface area contributed by atoms with Gasteiger partial charge in [0.05, 0.1) is 12.0 Å². The topological polar surface area (TPSA) is 26.3 Å². The van der Waals surface area contributed by atoms with Crippen molar-refractivity contribution in [3.63, 3.8) is 0 Å². The summed E-state index contributed by atoms with van der Waals surface area (Å²) in [6.07, 6.45) is 6.21. The number of carbonyl (C=O) groups excluding carboxylic acids is 1. The van der Waals surface area contributed by atoms with Gasteiger partial charge >= 0.3 is 5.97 Å². The zero-order valence-electron chi connectivity index (χ0n) is 10.8. The Morgan fingerprint density at radius 3 is 2.62 bits per heavy atom. The largest absolute Gasteiger partial charge is 0.465 e. The Morgan fingerprint density at radius 2 is 2.00 bits per heavy atom. The van der Waals surface area contributed by atoms with Crippen LogP contribution in [0.25, 0.3) is 0 Å². The molecule has 0 aromatic carbocycles. The normalized spacial score (nSPS) is 33.1. The van der Waals surface area contributed by atoms with Crippen LogP contribution in [0.2, 0.25) is 0 Å². The van der Waals surface area contributed by atoms with E-state index in [0.29, 0.717) is 12.5 Å². The quantitative estimate of drug-likeness (QED) is 0.684. The Morgan fingerprint density at radius 1 is 1.25 bits per heavy atom. The van der Waals surface area contributed by atoms with E-state index in [2.05, 4.69) is 0 Å². The van der Waals surface area contributed by atoms with E-state index in [9.17, 15) is 4.79 Å². The maximum Gasteiger partial charge on any atom is 0.311 e. The summed E-state index contributed by atoms with van der Waals surface area (Å²) in [6.45, 7) is 6.63. The van der Waals surface area contributed by atoms with Gasteiger partial charge in [-0.3, -0.25) is 4.79 Å². The molecule has 0 bridgehead atoms. The van der Waals surface area contributed by atoms with E-state index in [0.717, 1.165) is 18.3 Å². The molecule has 2 nitrogen and oxygen atoms in total. The third-order valence-corrected chi connectivity index (χ3v) is 4.54. The summed E-state index contributed by atoms with van der Waals surface area (Å²) in [4.78, 5) is 11.8. The molecule has 2 aliphatic carbocycles. The molecule has 0 heterocycles. The van der Waals surface area contributed by atoms with Crippen molar-refractivity contribution in [1.29, 1.82) is 0 Å². The first-order chi connectivity index (χ1) is 7.53. The molecule has 3 unspecified atom stereocenters. The van der Waals surface area contributed by atoms with Crippen LogP contribution in [-0.4, -0.2) is 12.6 Å². The average molecular weight is 224 g/mol. The van der Waals surface area contributed by atoms with Crippen molar-refractivity contribution in [2.24, 2.45) is 23.2 Å². The van der Waals surface area contributed by atoms with Gasteiger partial charge in [-0.05, 0) is 63.7 Å². The fraction of sp³-hybridized carbons (Fsp3) is 0.929. The monoisotopic (exact) mass is 224 g/mol. The van der Waals surface area contributed by atoms with Gasteiger partial charge in [0, 0.05) is 0 Å². The molecule has 0 saturated heterocycles. The predicted molar refractivity (Wildman–Crippen MR) is 64.0 cm³/mol. The van der Waals surface area contributed by atoms with Crippen LogP contribution in [0.3, 0.4) is 0 Å². The third-order valence-electron chi connectivity index (χ3n) is 4.54. The molecule has 0 aromatic heterocycles. The number of fused-ring (bicyclic) bond motifs is 1. The van der Waals surface area contributed by atoms with Gasteiger partial charge in [0.25, 0.3) is 0 Å². The van der Waals surface area contributed by atoms with Crippen LogP contribution in [-0.2, 0) is 9.53 Å². The summed E-state index contributed by atoms with van der Waals surface area (Å²) in [6, 6.07) is 0. The van der Waals surface area contributed by atoms with E-state index in [1.54, 1.807) is 0 Å². The number of hydrogen-bond acceptors (Lipinski definition) is 2. The Labute approximate surface area is 98.7 Å². The average Bonchev–Trinajstić information content (AvgIpc) is 3.03. The highest BCUT2D eigenvalue weighted by Gasteiger charge is 2.42. The summed E-state index contributed by atoms with van der Waals surface area (Å²) in [5.74, 6) is 2.61. The molecule has 0 spiro atoms. The van der Waals surface area contributed by atoms with Crippen molar-refractivity contribution in [3.8, 4) is 0 Å². The SMILES string of the molecule is CCC(C)(C)C(=O)OCC1CCC2CC2C1. The van der Waals surface area contributed by atoms with Crippen molar-refractivity contribution in [3.05, 3.63) is 0 Å². The maximum atomic E-state index is 11.8. The summed E-state index contributed by atoms with van der Waals surface area (Å²) in [7, 11) is 0. The maximum absolute atomic E-state index is 11.8. The molecule has 2 saturated carbocycles. The lowest BCUT2D eigenvalue weighted by Crippen LogP contribution is -2.28. The van der Waals surface area contributed by atoms with E-state index in [1.807, 2.05) is 20.8 Å². The van der Waals surface area contributed by atoms with Crippen LogP contribution >= 0.6 is 0 Å². The molecule has 2 aliphatic rings. The van der Waals surface area contributed by atoms with Gasteiger partial charge in [-0.25, -0.2) is 0 Å². The third kappa shape index (κ3) is 2.58. The van der Waals surface area contributed by atoms with Gasteiger partial charge in [0.15, 0.2) is 0 Å².